The van der Waals surface area contributed by atoms with E-state index in [1.165, 1.54) is 5.56 Å². The lowest BCUT2D eigenvalue weighted by atomic mass is 10.2. The largest absolute Gasteiger partial charge is 0.492 e. The fourth-order valence-electron chi connectivity index (χ4n) is 2.45. The average Bonchev–Trinajstić information content (AvgIpc) is 3.04. The van der Waals surface area contributed by atoms with E-state index < -0.39 is 0 Å². The van der Waals surface area contributed by atoms with Crippen LogP contribution < -0.4 is 4.74 Å². The summed E-state index contributed by atoms with van der Waals surface area (Å²) in [6.45, 7) is 6.30. The van der Waals surface area contributed by atoms with Gasteiger partial charge in [0.15, 0.2) is 0 Å². The molecule has 21 heavy (non-hydrogen) atoms. The van der Waals surface area contributed by atoms with Gasteiger partial charge in [-0.1, -0.05) is 18.2 Å². The third-order valence-corrected chi connectivity index (χ3v) is 4.50. The second kappa shape index (κ2) is 7.02. The van der Waals surface area contributed by atoms with Crippen LogP contribution in [0.1, 0.15) is 16.7 Å². The van der Waals surface area contributed by atoms with Crippen LogP contribution in [0.2, 0.25) is 0 Å². The van der Waals surface area contributed by atoms with Gasteiger partial charge in [0.2, 0.25) is 0 Å². The van der Waals surface area contributed by atoms with Gasteiger partial charge in [-0.05, 0) is 18.6 Å². The van der Waals surface area contributed by atoms with Crippen molar-refractivity contribution in [1.29, 1.82) is 0 Å². The number of rotatable bonds is 5. The molecule has 1 aromatic carbocycles. The Bertz CT molecular complexity index is 559. The van der Waals surface area contributed by atoms with Crippen molar-refractivity contribution >= 4 is 11.3 Å². The molecule has 2 aromatic rings. The Hall–Kier alpha value is -1.43. The Balaban J connectivity index is 1.48. The topological polar surface area (TPSA) is 34.6 Å². The minimum absolute atomic E-state index is 0.109. The van der Waals surface area contributed by atoms with Crippen molar-refractivity contribution < 1.29 is 9.47 Å². The number of thiazole rings is 1. The van der Waals surface area contributed by atoms with Gasteiger partial charge in [0.25, 0.3) is 0 Å². The minimum Gasteiger partial charge on any atom is -0.492 e. The molecule has 1 aliphatic heterocycles. The number of hydrogen-bond donors (Lipinski definition) is 0. The average molecular weight is 304 g/mol. The third-order valence-electron chi connectivity index (χ3n) is 3.64. The van der Waals surface area contributed by atoms with Crippen LogP contribution in [0.3, 0.4) is 0 Å². The van der Waals surface area contributed by atoms with Crippen LogP contribution in [0.4, 0.5) is 0 Å². The summed E-state index contributed by atoms with van der Waals surface area (Å²) < 4.78 is 11.7. The fraction of sp³-hybridized carbons (Fsp3) is 0.438. The zero-order chi connectivity index (χ0) is 14.5. The Labute approximate surface area is 129 Å². The van der Waals surface area contributed by atoms with Crippen molar-refractivity contribution in [3.63, 3.8) is 0 Å². The summed E-state index contributed by atoms with van der Waals surface area (Å²) in [7, 11) is 0. The minimum atomic E-state index is 0.109. The van der Waals surface area contributed by atoms with Gasteiger partial charge in [0.05, 0.1) is 6.61 Å². The molecule has 0 bridgehead atoms. The number of ether oxygens (including phenoxy) is 2. The van der Waals surface area contributed by atoms with Crippen LogP contribution in [0, 0.1) is 6.92 Å². The van der Waals surface area contributed by atoms with Gasteiger partial charge in [0, 0.05) is 31.2 Å². The van der Waals surface area contributed by atoms with Gasteiger partial charge in [-0.3, -0.25) is 4.90 Å². The van der Waals surface area contributed by atoms with Gasteiger partial charge < -0.3 is 9.47 Å². The number of aromatic nitrogens is 1. The van der Waals surface area contributed by atoms with E-state index in [-0.39, 0.29) is 6.10 Å². The van der Waals surface area contributed by atoms with E-state index in [1.807, 2.05) is 29.8 Å². The number of aryl methyl sites for hydroxylation is 1. The first-order valence-electron chi connectivity index (χ1n) is 7.25. The Morgan fingerprint density at radius 3 is 3.14 bits per heavy atom. The second-order valence-corrected chi connectivity index (χ2v) is 6.07. The molecule has 0 radical (unpaired) electrons. The normalized spacial score (nSPS) is 19.6. The summed E-state index contributed by atoms with van der Waals surface area (Å²) in [6.07, 6.45) is 1.95. The van der Waals surface area contributed by atoms with Gasteiger partial charge in [-0.2, -0.15) is 0 Å². The van der Waals surface area contributed by atoms with Crippen molar-refractivity contribution in [2.75, 3.05) is 32.8 Å². The van der Waals surface area contributed by atoms with Crippen molar-refractivity contribution in [3.05, 3.63) is 46.4 Å². The maximum absolute atomic E-state index is 5.87. The lowest BCUT2D eigenvalue weighted by Gasteiger charge is -2.31. The highest BCUT2D eigenvalue weighted by Gasteiger charge is 2.23. The molecular weight excluding hydrogens is 284 g/mol. The maximum atomic E-state index is 5.87. The zero-order valence-electron chi connectivity index (χ0n) is 12.2. The van der Waals surface area contributed by atoms with E-state index in [9.17, 15) is 0 Å². The van der Waals surface area contributed by atoms with Gasteiger partial charge in [-0.25, -0.2) is 4.98 Å². The molecule has 0 amide bonds. The first kappa shape index (κ1) is 14.5. The number of morpholine rings is 1. The van der Waals surface area contributed by atoms with Crippen molar-refractivity contribution in [1.82, 2.24) is 9.88 Å². The van der Waals surface area contributed by atoms with E-state index in [2.05, 4.69) is 22.9 Å². The first-order chi connectivity index (χ1) is 10.3. The van der Waals surface area contributed by atoms with Crippen LogP contribution in [0.15, 0.2) is 35.8 Å². The lowest BCUT2D eigenvalue weighted by molar-refractivity contribution is -0.0330. The van der Waals surface area contributed by atoms with E-state index in [0.29, 0.717) is 6.61 Å². The van der Waals surface area contributed by atoms with Crippen LogP contribution in [0.25, 0.3) is 0 Å². The van der Waals surface area contributed by atoms with Gasteiger partial charge in [-0.15, -0.1) is 11.3 Å². The molecule has 0 aliphatic carbocycles. The van der Waals surface area contributed by atoms with Crippen LogP contribution in [-0.4, -0.2) is 42.7 Å². The molecule has 3 rings (SSSR count). The van der Waals surface area contributed by atoms with Crippen molar-refractivity contribution in [2.24, 2.45) is 0 Å². The Kier molecular flexibility index (Phi) is 4.85. The highest BCUT2D eigenvalue weighted by Crippen LogP contribution is 2.23. The van der Waals surface area contributed by atoms with Gasteiger partial charge >= 0.3 is 0 Å². The molecule has 0 saturated carbocycles. The highest BCUT2D eigenvalue weighted by atomic mass is 32.1. The van der Waals surface area contributed by atoms with Crippen LogP contribution in [0.5, 0.6) is 5.75 Å². The molecule has 2 heterocycles. The highest BCUT2D eigenvalue weighted by molar-refractivity contribution is 7.09. The van der Waals surface area contributed by atoms with E-state index in [1.54, 1.807) is 11.3 Å². The molecule has 4 nitrogen and oxygen atoms in total. The maximum Gasteiger partial charge on any atom is 0.123 e. The molecule has 1 unspecified atom stereocenters. The third kappa shape index (κ3) is 3.81. The number of benzene rings is 1. The molecular formula is C16H20N2O2S. The summed E-state index contributed by atoms with van der Waals surface area (Å²) in [6, 6.07) is 8.13. The molecule has 0 spiro atoms. The molecule has 0 N–H and O–H groups in total. The zero-order valence-corrected chi connectivity index (χ0v) is 13.0. The summed E-state index contributed by atoms with van der Waals surface area (Å²) in [5, 5.41) is 3.07. The molecule has 112 valence electrons. The molecule has 1 aromatic heterocycles. The summed E-state index contributed by atoms with van der Waals surface area (Å²) in [5.41, 5.74) is 1.18. The van der Waals surface area contributed by atoms with Crippen LogP contribution >= 0.6 is 11.3 Å². The Morgan fingerprint density at radius 1 is 1.43 bits per heavy atom. The summed E-state index contributed by atoms with van der Waals surface area (Å²) in [4.78, 5) is 6.73. The number of nitrogens with zero attached hydrogens (tertiary/aromatic N) is 2. The van der Waals surface area contributed by atoms with E-state index in [4.69, 9.17) is 9.47 Å². The molecule has 1 saturated heterocycles. The molecule has 5 heteroatoms. The predicted molar refractivity (Wildman–Crippen MR) is 83.9 cm³/mol. The quantitative estimate of drug-likeness (QED) is 0.851. The standard InChI is InChI=1S/C16H20N2O2S/c1-13-4-2-3-5-14(13)19-9-7-18-8-10-20-15(12-18)16-17-6-11-21-16/h2-6,11,15H,7-10,12H2,1H3. The fourth-order valence-corrected chi connectivity index (χ4v) is 3.13. The van der Waals surface area contributed by atoms with E-state index >= 15 is 0 Å². The smallest absolute Gasteiger partial charge is 0.123 e. The number of hydrogen-bond acceptors (Lipinski definition) is 5. The monoisotopic (exact) mass is 304 g/mol. The molecule has 1 atom stereocenters. The van der Waals surface area contributed by atoms with Crippen molar-refractivity contribution in [3.8, 4) is 5.75 Å². The first-order valence-corrected chi connectivity index (χ1v) is 8.12. The summed E-state index contributed by atoms with van der Waals surface area (Å²) in [5.74, 6) is 0.974. The van der Waals surface area contributed by atoms with E-state index in [0.717, 1.165) is 37.0 Å². The second-order valence-electron chi connectivity index (χ2n) is 5.14. The SMILES string of the molecule is Cc1ccccc1OCCN1CCOC(c2nccs2)C1. The summed E-state index contributed by atoms with van der Waals surface area (Å²) >= 11 is 1.66. The molecule has 1 aliphatic rings. The molecule has 1 fully saturated rings. The van der Waals surface area contributed by atoms with Gasteiger partial charge in [0.1, 0.15) is 23.5 Å². The lowest BCUT2D eigenvalue weighted by Crippen LogP contribution is -2.40. The number of para-hydroxylation sites is 1. The predicted octanol–water partition coefficient (Wildman–Crippen LogP) is 2.90. The van der Waals surface area contributed by atoms with Crippen LogP contribution in [-0.2, 0) is 4.74 Å². The van der Waals surface area contributed by atoms with Crippen molar-refractivity contribution in [2.45, 2.75) is 13.0 Å². The Morgan fingerprint density at radius 2 is 2.33 bits per heavy atom.